The van der Waals surface area contributed by atoms with Crippen molar-refractivity contribution < 1.29 is 19.1 Å². The standard InChI is InChI=1S/C22H22N2O4/c1-13-6-8-18-15(12-13)7-9-19(28-18)22(27)23-16-4-3-5-17(14(16)2)24-20(25)10-11-21(24)26/h3-6,8,12,19H,7,9-11H2,1-2H3,(H,23,27)/t19-/m1/s1. The average molecular weight is 378 g/mol. The van der Waals surface area contributed by atoms with Crippen molar-refractivity contribution in [1.29, 1.82) is 0 Å². The third-order valence-electron chi connectivity index (χ3n) is 5.31. The molecule has 2 heterocycles. The molecule has 1 atom stereocenters. The van der Waals surface area contributed by atoms with Crippen LogP contribution in [0, 0.1) is 13.8 Å². The topological polar surface area (TPSA) is 75.7 Å². The molecule has 1 fully saturated rings. The Bertz CT molecular complexity index is 966. The molecule has 28 heavy (non-hydrogen) atoms. The first-order valence-corrected chi connectivity index (χ1v) is 9.46. The fourth-order valence-corrected chi connectivity index (χ4v) is 3.76. The second kappa shape index (κ2) is 7.11. The first-order chi connectivity index (χ1) is 13.4. The van der Waals surface area contributed by atoms with Crippen LogP contribution in [0.5, 0.6) is 5.75 Å². The van der Waals surface area contributed by atoms with E-state index in [1.807, 2.05) is 19.1 Å². The highest BCUT2D eigenvalue weighted by molar-refractivity contribution is 6.20. The second-order valence-corrected chi connectivity index (χ2v) is 7.32. The molecule has 2 aliphatic rings. The molecule has 144 valence electrons. The molecule has 2 aliphatic heterocycles. The highest BCUT2D eigenvalue weighted by Gasteiger charge is 2.32. The smallest absolute Gasteiger partial charge is 0.265 e. The van der Waals surface area contributed by atoms with E-state index in [0.29, 0.717) is 23.4 Å². The average Bonchev–Trinajstić information content (AvgIpc) is 3.01. The summed E-state index contributed by atoms with van der Waals surface area (Å²) in [7, 11) is 0. The van der Waals surface area contributed by atoms with Gasteiger partial charge in [-0.2, -0.15) is 0 Å². The van der Waals surface area contributed by atoms with Crippen molar-refractivity contribution in [3.63, 3.8) is 0 Å². The fraction of sp³-hybridized carbons (Fsp3) is 0.318. The van der Waals surface area contributed by atoms with Crippen LogP contribution in [0.15, 0.2) is 36.4 Å². The number of amides is 3. The summed E-state index contributed by atoms with van der Waals surface area (Å²) in [6.07, 6.45) is 1.26. The number of hydrogen-bond donors (Lipinski definition) is 1. The number of rotatable bonds is 3. The Morgan fingerprint density at radius 1 is 1.07 bits per heavy atom. The number of anilines is 2. The number of carbonyl (C=O) groups is 3. The number of aryl methyl sites for hydroxylation is 2. The van der Waals surface area contributed by atoms with E-state index in [4.69, 9.17) is 4.74 Å². The molecule has 1 saturated heterocycles. The lowest BCUT2D eigenvalue weighted by atomic mass is 10.00. The molecule has 4 rings (SSSR count). The minimum atomic E-state index is -0.576. The Morgan fingerprint density at radius 3 is 2.57 bits per heavy atom. The number of nitrogens with one attached hydrogen (secondary N) is 1. The number of hydrogen-bond acceptors (Lipinski definition) is 4. The lowest BCUT2D eigenvalue weighted by Crippen LogP contribution is -2.36. The van der Waals surface area contributed by atoms with Gasteiger partial charge in [-0.25, -0.2) is 0 Å². The van der Waals surface area contributed by atoms with Crippen LogP contribution >= 0.6 is 0 Å². The van der Waals surface area contributed by atoms with Gasteiger partial charge in [0.15, 0.2) is 6.10 Å². The fourth-order valence-electron chi connectivity index (χ4n) is 3.76. The van der Waals surface area contributed by atoms with Crippen molar-refractivity contribution in [2.24, 2.45) is 0 Å². The van der Waals surface area contributed by atoms with Crippen LogP contribution in [0.3, 0.4) is 0 Å². The Morgan fingerprint density at radius 2 is 1.82 bits per heavy atom. The zero-order valence-electron chi connectivity index (χ0n) is 16.0. The minimum absolute atomic E-state index is 0.209. The van der Waals surface area contributed by atoms with E-state index < -0.39 is 6.10 Å². The van der Waals surface area contributed by atoms with Gasteiger partial charge in [0, 0.05) is 18.5 Å². The molecule has 6 nitrogen and oxygen atoms in total. The van der Waals surface area contributed by atoms with Gasteiger partial charge in [-0.15, -0.1) is 0 Å². The molecular weight excluding hydrogens is 356 g/mol. The van der Waals surface area contributed by atoms with Gasteiger partial charge < -0.3 is 10.1 Å². The van der Waals surface area contributed by atoms with Crippen molar-refractivity contribution in [1.82, 2.24) is 0 Å². The Labute approximate surface area is 163 Å². The predicted molar refractivity (Wildman–Crippen MR) is 105 cm³/mol. The van der Waals surface area contributed by atoms with Gasteiger partial charge in [0.1, 0.15) is 5.75 Å². The van der Waals surface area contributed by atoms with Crippen LogP contribution < -0.4 is 15.0 Å². The Kier molecular flexibility index (Phi) is 4.63. The van der Waals surface area contributed by atoms with Gasteiger partial charge in [0.25, 0.3) is 5.91 Å². The van der Waals surface area contributed by atoms with Gasteiger partial charge in [0.2, 0.25) is 11.8 Å². The van der Waals surface area contributed by atoms with E-state index >= 15 is 0 Å². The van der Waals surface area contributed by atoms with Gasteiger partial charge in [-0.05, 0) is 56.0 Å². The first kappa shape index (κ1) is 18.2. The van der Waals surface area contributed by atoms with Crippen LogP contribution in [-0.2, 0) is 20.8 Å². The zero-order valence-corrected chi connectivity index (χ0v) is 16.0. The maximum Gasteiger partial charge on any atom is 0.265 e. The van der Waals surface area contributed by atoms with Crippen molar-refractivity contribution in [2.45, 2.75) is 45.6 Å². The summed E-state index contributed by atoms with van der Waals surface area (Å²) in [5.41, 5.74) is 4.08. The van der Waals surface area contributed by atoms with E-state index in [1.54, 1.807) is 25.1 Å². The van der Waals surface area contributed by atoms with E-state index in [-0.39, 0.29) is 30.6 Å². The molecule has 0 bridgehead atoms. The molecule has 6 heteroatoms. The van der Waals surface area contributed by atoms with Crippen LogP contribution in [0.2, 0.25) is 0 Å². The molecular formula is C22H22N2O4. The summed E-state index contributed by atoms with van der Waals surface area (Å²) >= 11 is 0. The highest BCUT2D eigenvalue weighted by Crippen LogP contribution is 2.32. The molecule has 1 N–H and O–H groups in total. The largest absolute Gasteiger partial charge is 0.480 e. The number of fused-ring (bicyclic) bond motifs is 1. The lowest BCUT2D eigenvalue weighted by molar-refractivity contribution is -0.123. The summed E-state index contributed by atoms with van der Waals surface area (Å²) in [6.45, 7) is 3.83. The van der Waals surface area contributed by atoms with E-state index in [0.717, 1.165) is 17.7 Å². The summed E-state index contributed by atoms with van der Waals surface area (Å²) in [6, 6.07) is 11.2. The van der Waals surface area contributed by atoms with Crippen LogP contribution in [0.4, 0.5) is 11.4 Å². The molecule has 2 aromatic rings. The van der Waals surface area contributed by atoms with Crippen LogP contribution in [-0.4, -0.2) is 23.8 Å². The third-order valence-corrected chi connectivity index (χ3v) is 5.31. The summed E-state index contributed by atoms with van der Waals surface area (Å²) < 4.78 is 5.89. The lowest BCUT2D eigenvalue weighted by Gasteiger charge is -2.26. The molecule has 3 amide bonds. The minimum Gasteiger partial charge on any atom is -0.480 e. The number of ether oxygens (including phenoxy) is 1. The van der Waals surface area contributed by atoms with Gasteiger partial charge in [0.05, 0.1) is 5.69 Å². The summed E-state index contributed by atoms with van der Waals surface area (Å²) in [5.74, 6) is 0.0967. The second-order valence-electron chi connectivity index (χ2n) is 7.32. The highest BCUT2D eigenvalue weighted by atomic mass is 16.5. The molecule has 0 unspecified atom stereocenters. The maximum absolute atomic E-state index is 12.8. The number of imide groups is 1. The molecule has 0 spiro atoms. The van der Waals surface area contributed by atoms with Gasteiger partial charge in [-0.1, -0.05) is 23.8 Å². The van der Waals surface area contributed by atoms with Gasteiger partial charge >= 0.3 is 0 Å². The SMILES string of the molecule is Cc1ccc2c(c1)CC[C@H](C(=O)Nc1cccc(N3C(=O)CCC3=O)c1C)O2. The van der Waals surface area contributed by atoms with E-state index in [2.05, 4.69) is 11.4 Å². The molecule has 0 radical (unpaired) electrons. The third kappa shape index (κ3) is 3.26. The first-order valence-electron chi connectivity index (χ1n) is 9.46. The zero-order chi connectivity index (χ0) is 19.8. The Hall–Kier alpha value is -3.15. The predicted octanol–water partition coefficient (Wildman–Crippen LogP) is 3.29. The van der Waals surface area contributed by atoms with Crippen molar-refractivity contribution in [3.8, 4) is 5.75 Å². The molecule has 0 saturated carbocycles. The molecule has 0 aromatic heterocycles. The number of carbonyl (C=O) groups excluding carboxylic acids is 3. The van der Waals surface area contributed by atoms with Crippen molar-refractivity contribution in [3.05, 3.63) is 53.1 Å². The van der Waals surface area contributed by atoms with Crippen molar-refractivity contribution in [2.75, 3.05) is 10.2 Å². The summed E-state index contributed by atoms with van der Waals surface area (Å²) in [4.78, 5) is 38.1. The molecule has 2 aromatic carbocycles. The van der Waals surface area contributed by atoms with Crippen molar-refractivity contribution >= 4 is 29.1 Å². The number of benzene rings is 2. The monoisotopic (exact) mass is 378 g/mol. The van der Waals surface area contributed by atoms with Gasteiger partial charge in [-0.3, -0.25) is 19.3 Å². The van der Waals surface area contributed by atoms with E-state index in [9.17, 15) is 14.4 Å². The van der Waals surface area contributed by atoms with Crippen LogP contribution in [0.1, 0.15) is 36.0 Å². The number of nitrogens with zero attached hydrogens (tertiary/aromatic N) is 1. The van der Waals surface area contributed by atoms with E-state index in [1.165, 1.54) is 10.5 Å². The summed E-state index contributed by atoms with van der Waals surface area (Å²) in [5, 5.41) is 2.90. The normalized spacial score (nSPS) is 18.6. The van der Waals surface area contributed by atoms with Crippen LogP contribution in [0.25, 0.3) is 0 Å². The maximum atomic E-state index is 12.8. The Balaban J connectivity index is 1.52. The quantitative estimate of drug-likeness (QED) is 0.832. The molecule has 0 aliphatic carbocycles.